The maximum atomic E-state index is 5.42. The molecule has 4 heteroatoms. The van der Waals surface area contributed by atoms with Gasteiger partial charge in [-0.1, -0.05) is 6.07 Å². The monoisotopic (exact) mass is 418 g/mol. The fourth-order valence-corrected chi connectivity index (χ4v) is 3.33. The van der Waals surface area contributed by atoms with Gasteiger partial charge in [-0.3, -0.25) is 0 Å². The molecule has 0 amide bonds. The van der Waals surface area contributed by atoms with Gasteiger partial charge in [0.25, 0.3) is 0 Å². The minimum absolute atomic E-state index is 0. The number of benzene rings is 3. The summed E-state index contributed by atoms with van der Waals surface area (Å²) in [5.74, 6) is 0.898. The molecule has 3 aromatic carbocycles. The number of ether oxygens (including phenoxy) is 1. The van der Waals surface area contributed by atoms with Crippen LogP contribution in [-0.2, 0) is 7.05 Å². The number of quaternary nitrogens is 1. The van der Waals surface area contributed by atoms with E-state index in [1.54, 1.807) is 7.11 Å². The van der Waals surface area contributed by atoms with Gasteiger partial charge in [-0.15, -0.1) is 0 Å². The molecule has 0 aliphatic carbocycles. The number of methoxy groups -OCH3 is 1. The van der Waals surface area contributed by atoms with E-state index >= 15 is 0 Å². The van der Waals surface area contributed by atoms with Crippen molar-refractivity contribution in [2.24, 2.45) is 7.05 Å². The van der Waals surface area contributed by atoms with E-state index in [4.69, 9.17) is 4.74 Å². The minimum atomic E-state index is 0. The number of hydrogen-bond acceptors (Lipinski definition) is 1. The summed E-state index contributed by atoms with van der Waals surface area (Å²) in [6, 6.07) is 17.3. The van der Waals surface area contributed by atoms with E-state index in [0.29, 0.717) is 0 Å². The standard InChI is InChI=1S/C19H18N2O.HI/c1-20-13-6-4-12-5-8-18-19(15(12)10-13)16-11-14(22-3)7-9-17(16)21(18)2;/h4-11,20H,1-3H3;1H. The van der Waals surface area contributed by atoms with Crippen molar-refractivity contribution in [2.45, 2.75) is 0 Å². The van der Waals surface area contributed by atoms with Gasteiger partial charge >= 0.3 is 0 Å². The van der Waals surface area contributed by atoms with Crippen molar-refractivity contribution < 1.29 is 34.0 Å². The molecule has 0 saturated heterocycles. The molecule has 0 spiro atoms. The lowest BCUT2D eigenvalue weighted by molar-refractivity contribution is -0.539. The first-order valence-electron chi connectivity index (χ1n) is 7.51. The molecule has 0 fully saturated rings. The molecule has 0 aliphatic rings. The Morgan fingerprint density at radius 3 is 2.39 bits per heavy atom. The predicted octanol–water partition coefficient (Wildman–Crippen LogP) is 0.322. The summed E-state index contributed by atoms with van der Waals surface area (Å²) in [6.45, 7) is 0. The first-order chi connectivity index (χ1) is 10.7. The van der Waals surface area contributed by atoms with E-state index in [9.17, 15) is 0 Å². The average Bonchev–Trinajstić information content (AvgIpc) is 2.86. The SMILES string of the molecule is C[NH2+]c1ccc2ccc3c(c2c1)c1cc(OC)ccc1n3C.[I-]. The minimum Gasteiger partial charge on any atom is -1.00 e. The highest BCUT2D eigenvalue weighted by atomic mass is 127. The predicted molar refractivity (Wildman–Crippen MR) is 92.0 cm³/mol. The van der Waals surface area contributed by atoms with E-state index in [-0.39, 0.29) is 24.0 Å². The number of aromatic nitrogens is 1. The van der Waals surface area contributed by atoms with Crippen molar-refractivity contribution in [3.8, 4) is 5.75 Å². The van der Waals surface area contributed by atoms with E-state index < -0.39 is 0 Å². The lowest BCUT2D eigenvalue weighted by Crippen LogP contribution is -3.00. The van der Waals surface area contributed by atoms with Crippen LogP contribution >= 0.6 is 0 Å². The van der Waals surface area contributed by atoms with Crippen LogP contribution in [0.4, 0.5) is 5.69 Å². The van der Waals surface area contributed by atoms with E-state index in [0.717, 1.165) is 5.75 Å². The third-order valence-corrected chi connectivity index (χ3v) is 4.55. The number of nitrogens with two attached hydrogens (primary N) is 1. The van der Waals surface area contributed by atoms with Crippen molar-refractivity contribution >= 4 is 38.3 Å². The summed E-state index contributed by atoms with van der Waals surface area (Å²) in [4.78, 5) is 0. The van der Waals surface area contributed by atoms with Gasteiger partial charge in [0.2, 0.25) is 0 Å². The highest BCUT2D eigenvalue weighted by molar-refractivity contribution is 6.21. The molecular formula is C19H19IN2O. The molecular weight excluding hydrogens is 399 g/mol. The summed E-state index contributed by atoms with van der Waals surface area (Å²) in [5.41, 5.74) is 3.73. The van der Waals surface area contributed by atoms with Gasteiger partial charge in [-0.05, 0) is 47.2 Å². The van der Waals surface area contributed by atoms with Crippen molar-refractivity contribution in [3.63, 3.8) is 0 Å². The molecule has 0 bridgehead atoms. The van der Waals surface area contributed by atoms with Gasteiger partial charge in [-0.25, -0.2) is 0 Å². The molecule has 0 radical (unpaired) electrons. The quantitative estimate of drug-likeness (QED) is 0.369. The Morgan fingerprint density at radius 2 is 1.65 bits per heavy atom. The molecule has 1 aromatic heterocycles. The Bertz CT molecular complexity index is 1020. The fraction of sp³-hybridized carbons (Fsp3) is 0.158. The zero-order valence-electron chi connectivity index (χ0n) is 13.4. The Labute approximate surface area is 152 Å². The first kappa shape index (κ1) is 16.1. The Morgan fingerprint density at radius 1 is 0.913 bits per heavy atom. The molecule has 0 atom stereocenters. The number of aryl methyl sites for hydroxylation is 1. The lowest BCUT2D eigenvalue weighted by atomic mass is 10.0. The number of halogens is 1. The maximum Gasteiger partial charge on any atom is 0.130 e. The summed E-state index contributed by atoms with van der Waals surface area (Å²) in [7, 11) is 5.92. The van der Waals surface area contributed by atoms with Crippen molar-refractivity contribution in [1.29, 1.82) is 0 Å². The highest BCUT2D eigenvalue weighted by Crippen LogP contribution is 2.36. The molecule has 0 unspecified atom stereocenters. The van der Waals surface area contributed by atoms with E-state index in [1.807, 2.05) is 6.07 Å². The number of rotatable bonds is 2. The van der Waals surface area contributed by atoms with Gasteiger partial charge in [0.15, 0.2) is 0 Å². The topological polar surface area (TPSA) is 30.8 Å². The second kappa shape index (κ2) is 6.02. The third kappa shape index (κ3) is 2.37. The summed E-state index contributed by atoms with van der Waals surface area (Å²) in [5, 5.41) is 7.26. The van der Waals surface area contributed by atoms with Crippen LogP contribution in [0.2, 0.25) is 0 Å². The van der Waals surface area contributed by atoms with Crippen LogP contribution in [0, 0.1) is 0 Å². The molecule has 118 valence electrons. The van der Waals surface area contributed by atoms with Gasteiger partial charge < -0.3 is 38.6 Å². The molecule has 2 N–H and O–H groups in total. The first-order valence-corrected chi connectivity index (χ1v) is 7.51. The zero-order chi connectivity index (χ0) is 15.3. The smallest absolute Gasteiger partial charge is 0.130 e. The maximum absolute atomic E-state index is 5.42. The summed E-state index contributed by atoms with van der Waals surface area (Å²) in [6.07, 6.45) is 0. The molecule has 4 rings (SSSR count). The van der Waals surface area contributed by atoms with Crippen LogP contribution in [0.5, 0.6) is 5.75 Å². The summed E-state index contributed by atoms with van der Waals surface area (Å²) >= 11 is 0. The fourth-order valence-electron chi connectivity index (χ4n) is 3.33. The Kier molecular flexibility index (Phi) is 4.21. The van der Waals surface area contributed by atoms with Crippen LogP contribution in [0.15, 0.2) is 48.5 Å². The number of fused-ring (bicyclic) bond motifs is 5. The summed E-state index contributed by atoms with van der Waals surface area (Å²) < 4.78 is 7.68. The van der Waals surface area contributed by atoms with Crippen LogP contribution in [-0.4, -0.2) is 18.7 Å². The molecule has 0 aliphatic heterocycles. The molecule has 23 heavy (non-hydrogen) atoms. The second-order valence-corrected chi connectivity index (χ2v) is 5.67. The Hall–Kier alpha value is -1.79. The van der Waals surface area contributed by atoms with Gasteiger partial charge in [0.05, 0.1) is 14.2 Å². The molecule has 1 heterocycles. The van der Waals surface area contributed by atoms with Crippen LogP contribution < -0.4 is 34.0 Å². The van der Waals surface area contributed by atoms with Gasteiger partial charge in [0.1, 0.15) is 11.4 Å². The molecule has 0 saturated carbocycles. The normalized spacial score (nSPS) is 11.1. The second-order valence-electron chi connectivity index (χ2n) is 5.67. The van der Waals surface area contributed by atoms with Crippen LogP contribution in [0.1, 0.15) is 0 Å². The zero-order valence-corrected chi connectivity index (χ0v) is 15.6. The largest absolute Gasteiger partial charge is 1.00 e. The van der Waals surface area contributed by atoms with Gasteiger partial charge in [-0.2, -0.15) is 0 Å². The van der Waals surface area contributed by atoms with Crippen molar-refractivity contribution in [2.75, 3.05) is 14.2 Å². The van der Waals surface area contributed by atoms with Crippen LogP contribution in [0.3, 0.4) is 0 Å². The average molecular weight is 418 g/mol. The molecule has 3 nitrogen and oxygen atoms in total. The van der Waals surface area contributed by atoms with Crippen LogP contribution in [0.25, 0.3) is 32.6 Å². The van der Waals surface area contributed by atoms with E-state index in [2.05, 4.69) is 66.4 Å². The van der Waals surface area contributed by atoms with Crippen molar-refractivity contribution in [1.82, 2.24) is 4.57 Å². The highest BCUT2D eigenvalue weighted by Gasteiger charge is 2.13. The van der Waals surface area contributed by atoms with Crippen molar-refractivity contribution in [3.05, 3.63) is 48.5 Å². The molecule has 4 aromatic rings. The number of hydrogen-bond donors (Lipinski definition) is 1. The lowest BCUT2D eigenvalue weighted by Gasteiger charge is -2.03. The van der Waals surface area contributed by atoms with Gasteiger partial charge in [0, 0.05) is 34.9 Å². The number of nitrogens with zero attached hydrogens (tertiary/aromatic N) is 1. The van der Waals surface area contributed by atoms with E-state index in [1.165, 1.54) is 38.3 Å². The Balaban J connectivity index is 0.00000156. The third-order valence-electron chi connectivity index (χ3n) is 4.55.